The molecule has 0 aliphatic heterocycles. The van der Waals surface area contributed by atoms with Crippen molar-refractivity contribution in [3.05, 3.63) is 29.3 Å². The van der Waals surface area contributed by atoms with Crippen LogP contribution >= 0.6 is 0 Å². The molecule has 0 amide bonds. The van der Waals surface area contributed by atoms with E-state index in [0.717, 1.165) is 12.4 Å². The van der Waals surface area contributed by atoms with Gasteiger partial charge in [-0.2, -0.15) is 0 Å². The van der Waals surface area contributed by atoms with Crippen molar-refractivity contribution < 1.29 is 4.74 Å². The molecular weight excluding hydrogens is 220 g/mol. The summed E-state index contributed by atoms with van der Waals surface area (Å²) >= 11 is 0. The summed E-state index contributed by atoms with van der Waals surface area (Å²) in [5.74, 6) is 1.06. The van der Waals surface area contributed by atoms with Gasteiger partial charge < -0.3 is 4.74 Å². The highest BCUT2D eigenvalue weighted by atomic mass is 16.5. The highest BCUT2D eigenvalue weighted by molar-refractivity contribution is 5.35. The van der Waals surface area contributed by atoms with Gasteiger partial charge in [-0.05, 0) is 37.5 Å². The first-order valence-corrected chi connectivity index (χ1v) is 7.44. The lowest BCUT2D eigenvalue weighted by Crippen LogP contribution is -1.99. The zero-order chi connectivity index (χ0) is 13.2. The van der Waals surface area contributed by atoms with Gasteiger partial charge in [0.15, 0.2) is 0 Å². The van der Waals surface area contributed by atoms with Crippen molar-refractivity contribution in [2.75, 3.05) is 6.61 Å². The standard InChI is InChI=1S/C17H28O/c1-4-5-6-7-8-9-10-13-18-17-14-15(2)11-12-16(17)3/h11-12,14H,4-10,13H2,1-3H3. The second kappa shape index (κ2) is 9.02. The second-order valence-corrected chi connectivity index (χ2v) is 5.24. The van der Waals surface area contributed by atoms with Gasteiger partial charge in [0.1, 0.15) is 5.75 Å². The number of aryl methyl sites for hydroxylation is 2. The van der Waals surface area contributed by atoms with Crippen molar-refractivity contribution in [1.82, 2.24) is 0 Å². The van der Waals surface area contributed by atoms with Gasteiger partial charge in [0.2, 0.25) is 0 Å². The maximum absolute atomic E-state index is 5.85. The minimum atomic E-state index is 0.859. The van der Waals surface area contributed by atoms with Crippen LogP contribution in [0, 0.1) is 13.8 Å². The molecule has 0 saturated carbocycles. The Balaban J connectivity index is 2.09. The molecule has 0 fully saturated rings. The van der Waals surface area contributed by atoms with Gasteiger partial charge in [-0.3, -0.25) is 0 Å². The number of rotatable bonds is 9. The van der Waals surface area contributed by atoms with Gasteiger partial charge in [-0.25, -0.2) is 0 Å². The molecule has 0 atom stereocenters. The van der Waals surface area contributed by atoms with E-state index in [4.69, 9.17) is 4.74 Å². The summed E-state index contributed by atoms with van der Waals surface area (Å²) in [7, 11) is 0. The molecular formula is C17H28O. The molecule has 102 valence electrons. The lowest BCUT2D eigenvalue weighted by molar-refractivity contribution is 0.302. The van der Waals surface area contributed by atoms with Crippen LogP contribution in [-0.2, 0) is 0 Å². The van der Waals surface area contributed by atoms with Crippen LogP contribution in [0.4, 0.5) is 0 Å². The number of ether oxygens (including phenoxy) is 1. The fourth-order valence-electron chi connectivity index (χ4n) is 2.10. The van der Waals surface area contributed by atoms with E-state index >= 15 is 0 Å². The molecule has 1 heteroatoms. The fourth-order valence-corrected chi connectivity index (χ4v) is 2.10. The Kier molecular flexibility index (Phi) is 7.55. The third kappa shape index (κ3) is 6.09. The molecule has 1 aromatic carbocycles. The highest BCUT2D eigenvalue weighted by Gasteiger charge is 1.99. The van der Waals surface area contributed by atoms with Gasteiger partial charge in [0.05, 0.1) is 6.61 Å². The first-order chi connectivity index (χ1) is 8.74. The van der Waals surface area contributed by atoms with E-state index in [1.807, 2.05) is 0 Å². The third-order valence-corrected chi connectivity index (χ3v) is 3.35. The van der Waals surface area contributed by atoms with E-state index in [1.165, 1.54) is 56.1 Å². The molecule has 0 bridgehead atoms. The number of unbranched alkanes of at least 4 members (excludes halogenated alkanes) is 6. The van der Waals surface area contributed by atoms with Gasteiger partial charge in [0.25, 0.3) is 0 Å². The van der Waals surface area contributed by atoms with Crippen LogP contribution in [0.1, 0.15) is 63.0 Å². The molecule has 0 radical (unpaired) electrons. The number of hydrogen-bond donors (Lipinski definition) is 0. The molecule has 0 heterocycles. The van der Waals surface area contributed by atoms with Crippen LogP contribution in [0.2, 0.25) is 0 Å². The minimum absolute atomic E-state index is 0.859. The molecule has 0 spiro atoms. The normalized spacial score (nSPS) is 10.6. The zero-order valence-electron chi connectivity index (χ0n) is 12.3. The smallest absolute Gasteiger partial charge is 0.122 e. The maximum atomic E-state index is 5.85. The average molecular weight is 248 g/mol. The molecule has 18 heavy (non-hydrogen) atoms. The van der Waals surface area contributed by atoms with Crippen molar-refractivity contribution >= 4 is 0 Å². The first-order valence-electron chi connectivity index (χ1n) is 7.44. The molecule has 0 aliphatic carbocycles. The molecule has 0 saturated heterocycles. The molecule has 0 aromatic heterocycles. The van der Waals surface area contributed by atoms with Crippen LogP contribution in [0.5, 0.6) is 5.75 Å². The Bertz CT molecular complexity index is 330. The summed E-state index contributed by atoms with van der Waals surface area (Å²) in [6, 6.07) is 6.40. The van der Waals surface area contributed by atoms with E-state index in [0.29, 0.717) is 0 Å². The summed E-state index contributed by atoms with van der Waals surface area (Å²) in [4.78, 5) is 0. The van der Waals surface area contributed by atoms with Crippen LogP contribution < -0.4 is 4.74 Å². The molecule has 0 N–H and O–H groups in total. The Morgan fingerprint density at radius 2 is 1.56 bits per heavy atom. The maximum Gasteiger partial charge on any atom is 0.122 e. The Hall–Kier alpha value is -0.980. The van der Waals surface area contributed by atoms with Gasteiger partial charge in [0, 0.05) is 0 Å². The molecule has 1 aromatic rings. The van der Waals surface area contributed by atoms with Gasteiger partial charge in [-0.1, -0.05) is 57.6 Å². The lowest BCUT2D eigenvalue weighted by Gasteiger charge is -2.09. The Morgan fingerprint density at radius 1 is 0.889 bits per heavy atom. The van der Waals surface area contributed by atoms with Crippen molar-refractivity contribution in [2.24, 2.45) is 0 Å². The molecule has 0 unspecified atom stereocenters. The predicted molar refractivity (Wildman–Crippen MR) is 79.4 cm³/mol. The van der Waals surface area contributed by atoms with E-state index in [9.17, 15) is 0 Å². The van der Waals surface area contributed by atoms with Gasteiger partial charge in [-0.15, -0.1) is 0 Å². The molecule has 0 aliphatic rings. The van der Waals surface area contributed by atoms with Crippen LogP contribution in [0.15, 0.2) is 18.2 Å². The van der Waals surface area contributed by atoms with Crippen molar-refractivity contribution in [3.63, 3.8) is 0 Å². The van der Waals surface area contributed by atoms with Crippen LogP contribution in [0.3, 0.4) is 0 Å². The minimum Gasteiger partial charge on any atom is -0.493 e. The second-order valence-electron chi connectivity index (χ2n) is 5.24. The monoisotopic (exact) mass is 248 g/mol. The van der Waals surface area contributed by atoms with E-state index < -0.39 is 0 Å². The quantitative estimate of drug-likeness (QED) is 0.529. The highest BCUT2D eigenvalue weighted by Crippen LogP contribution is 2.19. The van der Waals surface area contributed by atoms with Crippen LogP contribution in [0.25, 0.3) is 0 Å². The zero-order valence-corrected chi connectivity index (χ0v) is 12.3. The molecule has 1 nitrogen and oxygen atoms in total. The predicted octanol–water partition coefficient (Wildman–Crippen LogP) is 5.43. The lowest BCUT2D eigenvalue weighted by atomic mass is 10.1. The van der Waals surface area contributed by atoms with Crippen molar-refractivity contribution in [1.29, 1.82) is 0 Å². The van der Waals surface area contributed by atoms with Crippen LogP contribution in [-0.4, -0.2) is 6.61 Å². The number of hydrogen-bond acceptors (Lipinski definition) is 1. The summed E-state index contributed by atoms with van der Waals surface area (Å²) < 4.78 is 5.85. The summed E-state index contributed by atoms with van der Waals surface area (Å²) in [6.07, 6.45) is 9.34. The van der Waals surface area contributed by atoms with Crippen molar-refractivity contribution in [3.8, 4) is 5.75 Å². The van der Waals surface area contributed by atoms with E-state index in [-0.39, 0.29) is 0 Å². The first kappa shape index (κ1) is 15.1. The summed E-state index contributed by atoms with van der Waals surface area (Å²) in [6.45, 7) is 7.34. The van der Waals surface area contributed by atoms with Gasteiger partial charge >= 0.3 is 0 Å². The third-order valence-electron chi connectivity index (χ3n) is 3.35. The van der Waals surface area contributed by atoms with E-state index in [2.05, 4.69) is 39.0 Å². The average Bonchev–Trinajstić information content (AvgIpc) is 2.36. The summed E-state index contributed by atoms with van der Waals surface area (Å²) in [5, 5.41) is 0. The SMILES string of the molecule is CCCCCCCCCOc1cc(C)ccc1C. The Labute approximate surface area is 113 Å². The van der Waals surface area contributed by atoms with Crippen molar-refractivity contribution in [2.45, 2.75) is 65.7 Å². The Morgan fingerprint density at radius 3 is 2.28 bits per heavy atom. The largest absolute Gasteiger partial charge is 0.493 e. The summed E-state index contributed by atoms with van der Waals surface area (Å²) in [5.41, 5.74) is 2.51. The number of benzene rings is 1. The topological polar surface area (TPSA) is 9.23 Å². The molecule has 1 rings (SSSR count). The fraction of sp³-hybridized carbons (Fsp3) is 0.647. The van der Waals surface area contributed by atoms with E-state index in [1.54, 1.807) is 0 Å².